The molecule has 0 aliphatic heterocycles. The monoisotopic (exact) mass is 514 g/mol. The van der Waals surface area contributed by atoms with Gasteiger partial charge in [-0.15, -0.1) is 11.3 Å². The van der Waals surface area contributed by atoms with Crippen LogP contribution in [0, 0.1) is 0 Å². The van der Waals surface area contributed by atoms with Gasteiger partial charge in [0.2, 0.25) is 5.91 Å². The Labute approximate surface area is 207 Å². The van der Waals surface area contributed by atoms with E-state index in [-0.39, 0.29) is 5.91 Å². The quantitative estimate of drug-likeness (QED) is 0.276. The molecule has 0 radical (unpaired) electrons. The number of carbonyl (C=O) groups is 2. The molecule has 3 N–H and O–H groups in total. The van der Waals surface area contributed by atoms with E-state index in [4.69, 9.17) is 5.11 Å². The van der Waals surface area contributed by atoms with Gasteiger partial charge in [0.15, 0.2) is 15.0 Å². The number of aliphatic imine (C=N–C) groups is 1. The lowest BCUT2D eigenvalue weighted by Crippen LogP contribution is -2.17. The largest absolute Gasteiger partial charge is 0.465 e. The number of anilines is 1. The molecule has 11 heteroatoms. The molecule has 0 unspecified atom stereocenters. The molecular weight excluding hydrogens is 488 g/mol. The summed E-state index contributed by atoms with van der Waals surface area (Å²) in [7, 11) is -3.23. The normalized spacial score (nSPS) is 11.5. The summed E-state index contributed by atoms with van der Waals surface area (Å²) in [5.74, 6) is -0.179. The van der Waals surface area contributed by atoms with Gasteiger partial charge in [0.25, 0.3) is 0 Å². The van der Waals surface area contributed by atoms with Gasteiger partial charge in [-0.25, -0.2) is 23.2 Å². The number of nitrogens with one attached hydrogen (secondary N) is 2. The fraction of sp³-hybridized carbons (Fsp3) is 0.250. The van der Waals surface area contributed by atoms with Crippen molar-refractivity contribution in [3.05, 3.63) is 70.2 Å². The Morgan fingerprint density at radius 2 is 1.60 bits per heavy atom. The maximum Gasteiger partial charge on any atom is 0.409 e. The van der Waals surface area contributed by atoms with Crippen molar-refractivity contribution in [3.8, 4) is 0 Å². The van der Waals surface area contributed by atoms with E-state index in [1.165, 1.54) is 24.5 Å². The van der Waals surface area contributed by atoms with Gasteiger partial charge in [0, 0.05) is 18.1 Å². The first-order chi connectivity index (χ1) is 16.6. The van der Waals surface area contributed by atoms with Crippen molar-refractivity contribution in [2.45, 2.75) is 37.5 Å². The molecule has 184 valence electrons. The van der Waals surface area contributed by atoms with Crippen LogP contribution in [0.25, 0.3) is 0 Å². The van der Waals surface area contributed by atoms with E-state index in [2.05, 4.69) is 20.6 Å². The molecule has 0 saturated heterocycles. The number of sulfone groups is 1. The summed E-state index contributed by atoms with van der Waals surface area (Å²) in [6.07, 6.45) is 3.99. The predicted octanol–water partition coefficient (Wildman–Crippen LogP) is 4.00. The van der Waals surface area contributed by atoms with Crippen LogP contribution >= 0.6 is 11.3 Å². The van der Waals surface area contributed by atoms with Gasteiger partial charge in [-0.2, -0.15) is 0 Å². The summed E-state index contributed by atoms with van der Waals surface area (Å²) in [5, 5.41) is 14.0. The molecule has 3 aromatic rings. The lowest BCUT2D eigenvalue weighted by molar-refractivity contribution is -0.114. The van der Waals surface area contributed by atoms with Gasteiger partial charge < -0.3 is 10.4 Å². The second kappa shape index (κ2) is 11.7. The van der Waals surface area contributed by atoms with Gasteiger partial charge in [-0.3, -0.25) is 10.1 Å². The number of thiazole rings is 1. The van der Waals surface area contributed by atoms with E-state index < -0.39 is 15.9 Å². The van der Waals surface area contributed by atoms with Crippen LogP contribution in [-0.4, -0.2) is 43.1 Å². The average molecular weight is 515 g/mol. The highest BCUT2D eigenvalue weighted by atomic mass is 32.2. The van der Waals surface area contributed by atoms with Crippen LogP contribution in [0.1, 0.15) is 28.6 Å². The van der Waals surface area contributed by atoms with E-state index in [1.54, 1.807) is 24.3 Å². The molecule has 1 aromatic heterocycles. The van der Waals surface area contributed by atoms with Crippen LogP contribution in [0.15, 0.2) is 58.4 Å². The van der Waals surface area contributed by atoms with Crippen molar-refractivity contribution >= 4 is 50.3 Å². The molecule has 3 rings (SSSR count). The molecule has 0 aliphatic carbocycles. The zero-order valence-electron chi connectivity index (χ0n) is 19.3. The van der Waals surface area contributed by atoms with Gasteiger partial charge in [-0.1, -0.05) is 24.3 Å². The smallest absolute Gasteiger partial charge is 0.409 e. The Morgan fingerprint density at radius 3 is 2.17 bits per heavy atom. The van der Waals surface area contributed by atoms with Gasteiger partial charge in [0.05, 0.1) is 22.6 Å². The zero-order valence-corrected chi connectivity index (χ0v) is 20.9. The minimum Gasteiger partial charge on any atom is -0.465 e. The van der Waals surface area contributed by atoms with Crippen molar-refractivity contribution in [2.75, 3.05) is 11.6 Å². The number of aryl methyl sites for hydroxylation is 4. The summed E-state index contributed by atoms with van der Waals surface area (Å²) in [6.45, 7) is 1.44. The number of aromatic nitrogens is 1. The molecule has 0 atom stereocenters. The van der Waals surface area contributed by atoms with Crippen LogP contribution in [0.3, 0.4) is 0 Å². The first-order valence-corrected chi connectivity index (χ1v) is 13.5. The molecule has 0 saturated carbocycles. The summed E-state index contributed by atoms with van der Waals surface area (Å²) in [6, 6.07) is 14.3. The number of benzene rings is 2. The van der Waals surface area contributed by atoms with Crippen LogP contribution in [0.5, 0.6) is 0 Å². The van der Waals surface area contributed by atoms with Crippen molar-refractivity contribution in [1.82, 2.24) is 10.3 Å². The van der Waals surface area contributed by atoms with Crippen LogP contribution in [0.2, 0.25) is 0 Å². The predicted molar refractivity (Wildman–Crippen MR) is 137 cm³/mol. The molecule has 0 spiro atoms. The Kier molecular flexibility index (Phi) is 8.72. The third-order valence-corrected chi connectivity index (χ3v) is 7.24. The lowest BCUT2D eigenvalue weighted by Gasteiger charge is -2.05. The van der Waals surface area contributed by atoms with Crippen LogP contribution in [-0.2, 0) is 40.3 Å². The standard InChI is InChI=1S/C24H26N4O5S2/c1-16(29)27-23-28-21(13-7-17-3-9-19(10-4-17)25-15-26-24(30)31)22(34-23)14-8-18-5-11-20(12-6-18)35(2,32)33/h3-6,9-12,15H,7-8,13-14H2,1-2H3,(H,25,26)(H,30,31)(H,27,28,29). The van der Waals surface area contributed by atoms with E-state index in [9.17, 15) is 18.0 Å². The molecule has 9 nitrogen and oxygen atoms in total. The third kappa shape index (κ3) is 8.30. The maximum atomic E-state index is 11.7. The molecule has 0 fully saturated rings. The SMILES string of the molecule is CC(=O)Nc1nc(CCc2ccc(N=CNC(=O)O)cc2)c(CCc2ccc(S(C)(=O)=O)cc2)s1. The molecule has 2 amide bonds. The topological polar surface area (TPSA) is 138 Å². The summed E-state index contributed by atoms with van der Waals surface area (Å²) in [4.78, 5) is 32.0. The van der Waals surface area contributed by atoms with E-state index in [0.29, 0.717) is 22.1 Å². The average Bonchev–Trinajstić information content (AvgIpc) is 3.17. The number of hydrogen-bond donors (Lipinski definition) is 3. The van der Waals surface area contributed by atoms with Gasteiger partial charge in [0.1, 0.15) is 0 Å². The molecule has 35 heavy (non-hydrogen) atoms. The summed E-state index contributed by atoms with van der Waals surface area (Å²) >= 11 is 1.45. The van der Waals surface area contributed by atoms with Crippen molar-refractivity contribution in [3.63, 3.8) is 0 Å². The number of rotatable bonds is 10. The zero-order chi connectivity index (χ0) is 25.4. The Bertz CT molecular complexity index is 1310. The minimum atomic E-state index is -3.23. The molecular formula is C24H26N4O5S2. The Balaban J connectivity index is 1.67. The summed E-state index contributed by atoms with van der Waals surface area (Å²) < 4.78 is 23.3. The second-order valence-corrected chi connectivity index (χ2v) is 11.0. The highest BCUT2D eigenvalue weighted by Crippen LogP contribution is 2.26. The number of carboxylic acid groups (broad SMARTS) is 1. The fourth-order valence-corrected chi connectivity index (χ4v) is 5.00. The Hall–Kier alpha value is -3.57. The van der Waals surface area contributed by atoms with Crippen LogP contribution < -0.4 is 10.6 Å². The molecule has 2 aromatic carbocycles. The number of carbonyl (C=O) groups excluding carboxylic acids is 1. The Morgan fingerprint density at radius 1 is 1.00 bits per heavy atom. The van der Waals surface area contributed by atoms with Crippen molar-refractivity contribution in [1.29, 1.82) is 0 Å². The van der Waals surface area contributed by atoms with Crippen molar-refractivity contribution in [2.24, 2.45) is 4.99 Å². The van der Waals surface area contributed by atoms with Gasteiger partial charge in [-0.05, 0) is 61.1 Å². The number of hydrogen-bond acceptors (Lipinski definition) is 7. The molecule has 1 heterocycles. The number of amides is 2. The maximum absolute atomic E-state index is 11.7. The first kappa shape index (κ1) is 26.0. The molecule has 0 aliphatic rings. The number of nitrogens with zero attached hydrogens (tertiary/aromatic N) is 2. The van der Waals surface area contributed by atoms with E-state index in [0.717, 1.165) is 47.3 Å². The van der Waals surface area contributed by atoms with E-state index in [1.807, 2.05) is 24.3 Å². The highest BCUT2D eigenvalue weighted by molar-refractivity contribution is 7.90. The first-order valence-electron chi connectivity index (χ1n) is 10.8. The lowest BCUT2D eigenvalue weighted by atomic mass is 10.0. The molecule has 0 bridgehead atoms. The fourth-order valence-electron chi connectivity index (χ4n) is 3.31. The summed E-state index contributed by atoms with van der Waals surface area (Å²) in [5.41, 5.74) is 3.64. The third-order valence-electron chi connectivity index (χ3n) is 5.04. The minimum absolute atomic E-state index is 0.179. The second-order valence-electron chi connectivity index (χ2n) is 7.86. The van der Waals surface area contributed by atoms with Crippen LogP contribution in [0.4, 0.5) is 15.6 Å². The van der Waals surface area contributed by atoms with Crippen molar-refractivity contribution < 1.29 is 23.1 Å². The highest BCUT2D eigenvalue weighted by Gasteiger charge is 2.13. The van der Waals surface area contributed by atoms with Gasteiger partial charge >= 0.3 is 6.09 Å². The van der Waals surface area contributed by atoms with E-state index >= 15 is 0 Å².